The number of fused-ring (bicyclic) bond motifs is 1. The van der Waals surface area contributed by atoms with Crippen molar-refractivity contribution in [2.24, 2.45) is 0 Å². The van der Waals surface area contributed by atoms with E-state index in [9.17, 15) is 14.4 Å². The number of aliphatic carboxylic acids is 1. The normalized spacial score (nSPS) is 12.4. The molecule has 3 N–H and O–H groups in total. The van der Waals surface area contributed by atoms with Gasteiger partial charge in [-0.25, -0.2) is 4.79 Å². The molecule has 22 heavy (non-hydrogen) atoms. The Bertz CT molecular complexity index is 792. The Hall–Kier alpha value is -2.93. The molecular weight excluding hydrogens is 290 g/mol. The molecule has 0 radical (unpaired) electrons. The summed E-state index contributed by atoms with van der Waals surface area (Å²) < 4.78 is 5.28. The summed E-state index contributed by atoms with van der Waals surface area (Å²) >= 11 is 0. The summed E-state index contributed by atoms with van der Waals surface area (Å²) in [4.78, 5) is 34.4. The first kappa shape index (κ1) is 15.5. The molecule has 7 nitrogen and oxygen atoms in total. The minimum Gasteiger partial charge on any atom is -0.480 e. The predicted octanol–water partition coefficient (Wildman–Crippen LogP) is 0.368. The molecule has 0 aliphatic carbocycles. The van der Waals surface area contributed by atoms with Crippen LogP contribution in [0, 0.1) is 0 Å². The van der Waals surface area contributed by atoms with Gasteiger partial charge in [0.1, 0.15) is 11.8 Å². The molecule has 0 saturated carbocycles. The molecule has 2 rings (SSSR count). The van der Waals surface area contributed by atoms with E-state index in [2.05, 4.69) is 5.32 Å². The summed E-state index contributed by atoms with van der Waals surface area (Å²) in [6, 6.07) is 5.28. The number of rotatable bonds is 5. The number of hydrogen-bond donors (Lipinski definition) is 3. The van der Waals surface area contributed by atoms with E-state index in [0.717, 1.165) is 6.08 Å². The van der Waals surface area contributed by atoms with Crippen LogP contribution in [0.15, 0.2) is 45.8 Å². The van der Waals surface area contributed by atoms with Crippen molar-refractivity contribution < 1.29 is 24.2 Å². The molecular formula is C15H13NO6. The lowest BCUT2D eigenvalue weighted by atomic mass is 10.1. The summed E-state index contributed by atoms with van der Waals surface area (Å²) in [6.45, 7) is -0.729. The lowest BCUT2D eigenvalue weighted by molar-refractivity contribution is -0.142. The van der Waals surface area contributed by atoms with Crippen LogP contribution < -0.4 is 10.7 Å². The molecule has 2 aromatic rings. The Labute approximate surface area is 124 Å². The van der Waals surface area contributed by atoms with E-state index in [1.807, 2.05) is 0 Å². The van der Waals surface area contributed by atoms with Gasteiger partial charge in [-0.2, -0.15) is 0 Å². The highest BCUT2D eigenvalue weighted by Crippen LogP contribution is 2.11. The minimum atomic E-state index is -1.40. The number of amides is 1. The van der Waals surface area contributed by atoms with Gasteiger partial charge in [0.25, 0.3) is 0 Å². The predicted molar refractivity (Wildman–Crippen MR) is 78.2 cm³/mol. The number of hydrogen-bond acceptors (Lipinski definition) is 5. The van der Waals surface area contributed by atoms with Crippen molar-refractivity contribution in [3.8, 4) is 0 Å². The van der Waals surface area contributed by atoms with Gasteiger partial charge >= 0.3 is 5.97 Å². The average Bonchev–Trinajstić information content (AvgIpc) is 2.52. The summed E-state index contributed by atoms with van der Waals surface area (Å²) in [5.41, 5.74) is 0.285. The Morgan fingerprint density at radius 2 is 2.05 bits per heavy atom. The van der Waals surface area contributed by atoms with Gasteiger partial charge in [-0.1, -0.05) is 12.1 Å². The fourth-order valence-electron chi connectivity index (χ4n) is 1.78. The van der Waals surface area contributed by atoms with Crippen LogP contribution >= 0.6 is 0 Å². The molecule has 1 unspecified atom stereocenters. The highest BCUT2D eigenvalue weighted by Gasteiger charge is 2.17. The third-order valence-corrected chi connectivity index (χ3v) is 2.92. The third-order valence-electron chi connectivity index (χ3n) is 2.92. The van der Waals surface area contributed by atoms with Crippen LogP contribution in [0.1, 0.15) is 5.56 Å². The quantitative estimate of drug-likeness (QED) is 0.687. The molecule has 1 amide bonds. The van der Waals surface area contributed by atoms with Crippen molar-refractivity contribution in [2.75, 3.05) is 6.61 Å². The van der Waals surface area contributed by atoms with Gasteiger partial charge in [-0.15, -0.1) is 0 Å². The Balaban J connectivity index is 2.20. The Kier molecular flexibility index (Phi) is 4.70. The highest BCUT2D eigenvalue weighted by molar-refractivity contribution is 5.94. The zero-order valence-electron chi connectivity index (χ0n) is 11.4. The minimum absolute atomic E-state index is 0.157. The van der Waals surface area contributed by atoms with Crippen molar-refractivity contribution in [1.82, 2.24) is 5.32 Å². The van der Waals surface area contributed by atoms with E-state index in [4.69, 9.17) is 14.6 Å². The molecule has 0 aliphatic rings. The maximum Gasteiger partial charge on any atom is 0.328 e. The second kappa shape index (κ2) is 6.68. The second-order valence-electron chi connectivity index (χ2n) is 4.43. The van der Waals surface area contributed by atoms with Gasteiger partial charge in [0, 0.05) is 6.08 Å². The van der Waals surface area contributed by atoms with Crippen LogP contribution in [-0.4, -0.2) is 34.7 Å². The molecule has 0 spiro atoms. The lowest BCUT2D eigenvalue weighted by Crippen LogP contribution is -2.42. The van der Waals surface area contributed by atoms with Gasteiger partial charge in [0.05, 0.1) is 17.6 Å². The number of carboxylic acids is 1. The fourth-order valence-corrected chi connectivity index (χ4v) is 1.78. The van der Waals surface area contributed by atoms with Gasteiger partial charge in [0.2, 0.25) is 5.91 Å². The molecule has 0 bridgehead atoms. The smallest absolute Gasteiger partial charge is 0.328 e. The Morgan fingerprint density at radius 1 is 1.32 bits per heavy atom. The zero-order chi connectivity index (χ0) is 16.1. The van der Waals surface area contributed by atoms with E-state index >= 15 is 0 Å². The van der Waals surface area contributed by atoms with Crippen LogP contribution in [0.4, 0.5) is 0 Å². The highest BCUT2D eigenvalue weighted by atomic mass is 16.4. The number of carbonyl (C=O) groups is 2. The molecule has 1 aromatic carbocycles. The van der Waals surface area contributed by atoms with E-state index in [1.165, 1.54) is 12.3 Å². The number of para-hydroxylation sites is 1. The van der Waals surface area contributed by atoms with Crippen molar-refractivity contribution in [1.29, 1.82) is 0 Å². The van der Waals surface area contributed by atoms with E-state index in [1.54, 1.807) is 24.3 Å². The van der Waals surface area contributed by atoms with Crippen molar-refractivity contribution in [2.45, 2.75) is 6.04 Å². The number of aliphatic hydroxyl groups excluding tert-OH is 1. The fraction of sp³-hybridized carbons (Fsp3) is 0.133. The van der Waals surface area contributed by atoms with E-state index < -0.39 is 24.5 Å². The Morgan fingerprint density at radius 3 is 2.73 bits per heavy atom. The van der Waals surface area contributed by atoms with Crippen molar-refractivity contribution in [3.05, 3.63) is 52.4 Å². The monoisotopic (exact) mass is 303 g/mol. The first-order valence-electron chi connectivity index (χ1n) is 6.35. The van der Waals surface area contributed by atoms with Gasteiger partial charge < -0.3 is 19.9 Å². The van der Waals surface area contributed by atoms with Gasteiger partial charge in [0.15, 0.2) is 11.5 Å². The number of aliphatic hydroxyl groups is 1. The third kappa shape index (κ3) is 3.39. The number of carboxylic acid groups (broad SMARTS) is 1. The van der Waals surface area contributed by atoms with E-state index in [0.29, 0.717) is 11.0 Å². The largest absolute Gasteiger partial charge is 0.480 e. The van der Waals surface area contributed by atoms with Gasteiger partial charge in [-0.05, 0) is 18.2 Å². The maximum absolute atomic E-state index is 12.2. The number of nitrogens with one attached hydrogen (secondary N) is 1. The summed E-state index contributed by atoms with van der Waals surface area (Å²) in [5.74, 6) is -2.09. The van der Waals surface area contributed by atoms with Crippen molar-refractivity contribution in [3.63, 3.8) is 0 Å². The van der Waals surface area contributed by atoms with Crippen LogP contribution in [0.3, 0.4) is 0 Å². The molecule has 0 aliphatic heterocycles. The topological polar surface area (TPSA) is 117 Å². The zero-order valence-corrected chi connectivity index (χ0v) is 11.4. The average molecular weight is 303 g/mol. The maximum atomic E-state index is 12.2. The summed E-state index contributed by atoms with van der Waals surface area (Å²) in [7, 11) is 0. The van der Waals surface area contributed by atoms with Crippen LogP contribution in [0.25, 0.3) is 17.0 Å². The lowest BCUT2D eigenvalue weighted by Gasteiger charge is -2.09. The van der Waals surface area contributed by atoms with Crippen LogP contribution in [0.5, 0.6) is 0 Å². The summed E-state index contributed by atoms with van der Waals surface area (Å²) in [6.07, 6.45) is 3.45. The van der Waals surface area contributed by atoms with E-state index in [-0.39, 0.29) is 11.0 Å². The summed E-state index contributed by atoms with van der Waals surface area (Å²) in [5, 5.41) is 20.0. The molecule has 0 saturated heterocycles. The first-order chi connectivity index (χ1) is 10.5. The van der Waals surface area contributed by atoms with Crippen LogP contribution in [0.2, 0.25) is 0 Å². The molecule has 1 aromatic heterocycles. The van der Waals surface area contributed by atoms with Crippen molar-refractivity contribution >= 4 is 28.9 Å². The molecule has 114 valence electrons. The SMILES string of the molecule is O=C(/C=C/c1coc2ccccc2c1=O)NC(CO)C(=O)O. The molecule has 1 atom stereocenters. The standard InChI is InChI=1S/C15H13NO6/c17-7-11(15(20)21)16-13(18)6-5-9-8-22-12-4-2-1-3-10(12)14(9)19/h1-6,8,11,17H,7H2,(H,16,18)(H,20,21)/b6-5+. The molecule has 7 heteroatoms. The second-order valence-corrected chi connectivity index (χ2v) is 4.43. The number of carbonyl (C=O) groups excluding carboxylic acids is 1. The molecule has 0 fully saturated rings. The first-order valence-corrected chi connectivity index (χ1v) is 6.35. The molecule has 1 heterocycles. The van der Waals surface area contributed by atoms with Crippen LogP contribution in [-0.2, 0) is 9.59 Å². The number of benzene rings is 1. The van der Waals surface area contributed by atoms with Gasteiger partial charge in [-0.3, -0.25) is 9.59 Å².